The number of carbonyl (C=O) groups is 1. The van der Waals surface area contributed by atoms with Crippen LogP contribution >= 0.6 is 0 Å². The minimum Gasteiger partial charge on any atom is -0.493 e. The molecular formula is C15H22O2. The summed E-state index contributed by atoms with van der Waals surface area (Å²) in [5, 5.41) is 0. The van der Waals surface area contributed by atoms with Crippen molar-refractivity contribution in [1.29, 1.82) is 0 Å². The van der Waals surface area contributed by atoms with Crippen LogP contribution in [0.15, 0.2) is 24.3 Å². The highest BCUT2D eigenvalue weighted by molar-refractivity contribution is 5.75. The molecule has 2 heteroatoms. The highest BCUT2D eigenvalue weighted by atomic mass is 16.5. The number of hydrogen-bond donors (Lipinski definition) is 0. The zero-order valence-corrected chi connectivity index (χ0v) is 11.0. The molecule has 0 aliphatic carbocycles. The van der Waals surface area contributed by atoms with Crippen LogP contribution in [0.25, 0.3) is 0 Å². The normalized spacial score (nSPS) is 10.6. The average molecular weight is 234 g/mol. The van der Waals surface area contributed by atoms with Crippen molar-refractivity contribution < 1.29 is 9.53 Å². The van der Waals surface area contributed by atoms with Gasteiger partial charge < -0.3 is 9.53 Å². The lowest BCUT2D eigenvalue weighted by Gasteiger charge is -2.12. The Balaban J connectivity index is 2.54. The molecule has 0 aliphatic heterocycles. The fourth-order valence-electron chi connectivity index (χ4n) is 1.64. The third-order valence-corrected chi connectivity index (χ3v) is 2.52. The number of ketones is 1. The molecule has 0 amide bonds. The van der Waals surface area contributed by atoms with Crippen LogP contribution in [0, 0.1) is 5.92 Å². The van der Waals surface area contributed by atoms with E-state index >= 15 is 0 Å². The maximum Gasteiger partial charge on any atom is 0.129 e. The Morgan fingerprint density at radius 3 is 2.65 bits per heavy atom. The van der Waals surface area contributed by atoms with Crippen LogP contribution in [0.3, 0.4) is 0 Å². The van der Waals surface area contributed by atoms with Crippen molar-refractivity contribution in [3.8, 4) is 5.75 Å². The number of aryl methyl sites for hydroxylation is 1. The first kappa shape index (κ1) is 13.8. The van der Waals surface area contributed by atoms with Crippen molar-refractivity contribution in [1.82, 2.24) is 0 Å². The number of carbonyl (C=O) groups excluding carboxylic acids is 1. The first-order chi connectivity index (χ1) is 8.09. The summed E-state index contributed by atoms with van der Waals surface area (Å²) in [5.74, 6) is 1.75. The van der Waals surface area contributed by atoms with Crippen molar-refractivity contribution in [2.24, 2.45) is 5.92 Å². The van der Waals surface area contributed by atoms with Crippen LogP contribution in [0.2, 0.25) is 0 Å². The van der Waals surface area contributed by atoms with Crippen LogP contribution in [0.4, 0.5) is 0 Å². The summed E-state index contributed by atoms with van der Waals surface area (Å²) in [5.41, 5.74) is 1.20. The Morgan fingerprint density at radius 1 is 1.29 bits per heavy atom. The van der Waals surface area contributed by atoms with Gasteiger partial charge in [-0.25, -0.2) is 0 Å². The van der Waals surface area contributed by atoms with Crippen LogP contribution in [0.5, 0.6) is 5.75 Å². The Labute approximate surface area is 104 Å². The van der Waals surface area contributed by atoms with Gasteiger partial charge in [-0.2, -0.15) is 0 Å². The second-order valence-corrected chi connectivity index (χ2v) is 4.87. The van der Waals surface area contributed by atoms with Crippen LogP contribution in [-0.2, 0) is 11.2 Å². The maximum atomic E-state index is 10.9. The fraction of sp³-hybridized carbons (Fsp3) is 0.533. The topological polar surface area (TPSA) is 26.3 Å². The molecule has 94 valence electrons. The van der Waals surface area contributed by atoms with Crippen LogP contribution in [-0.4, -0.2) is 12.4 Å². The summed E-state index contributed by atoms with van der Waals surface area (Å²) >= 11 is 0. The SMILES string of the molecule is CC(=O)CCCc1ccccc1OCC(C)C. The van der Waals surface area contributed by atoms with Gasteiger partial charge in [0.05, 0.1) is 6.61 Å². The van der Waals surface area contributed by atoms with Gasteiger partial charge in [-0.3, -0.25) is 0 Å². The number of benzene rings is 1. The number of ether oxygens (including phenoxy) is 1. The van der Waals surface area contributed by atoms with E-state index < -0.39 is 0 Å². The molecule has 0 N–H and O–H groups in total. The summed E-state index contributed by atoms with van der Waals surface area (Å²) in [6.45, 7) is 6.65. The van der Waals surface area contributed by atoms with Gasteiger partial charge in [0.25, 0.3) is 0 Å². The Bertz CT molecular complexity index is 356. The molecule has 0 unspecified atom stereocenters. The zero-order chi connectivity index (χ0) is 12.7. The molecule has 0 bridgehead atoms. The van der Waals surface area contributed by atoms with Crippen molar-refractivity contribution in [3.05, 3.63) is 29.8 Å². The second-order valence-electron chi connectivity index (χ2n) is 4.87. The van der Waals surface area contributed by atoms with Gasteiger partial charge in [0, 0.05) is 6.42 Å². The first-order valence-electron chi connectivity index (χ1n) is 6.29. The summed E-state index contributed by atoms with van der Waals surface area (Å²) in [7, 11) is 0. The fourth-order valence-corrected chi connectivity index (χ4v) is 1.64. The molecule has 0 aromatic heterocycles. The van der Waals surface area contributed by atoms with E-state index in [2.05, 4.69) is 19.9 Å². The summed E-state index contributed by atoms with van der Waals surface area (Å²) in [4.78, 5) is 10.9. The third-order valence-electron chi connectivity index (χ3n) is 2.52. The Morgan fingerprint density at radius 2 is 2.00 bits per heavy atom. The van der Waals surface area contributed by atoms with E-state index in [1.807, 2.05) is 18.2 Å². The molecule has 17 heavy (non-hydrogen) atoms. The Kier molecular flexibility index (Phi) is 5.75. The summed E-state index contributed by atoms with van der Waals surface area (Å²) in [6.07, 6.45) is 2.46. The average Bonchev–Trinajstić information content (AvgIpc) is 2.27. The number of para-hydroxylation sites is 1. The van der Waals surface area contributed by atoms with Crippen molar-refractivity contribution in [2.45, 2.75) is 40.0 Å². The van der Waals surface area contributed by atoms with Crippen molar-refractivity contribution >= 4 is 5.78 Å². The summed E-state index contributed by atoms with van der Waals surface area (Å²) in [6, 6.07) is 8.09. The van der Waals surface area contributed by atoms with Crippen LogP contribution < -0.4 is 4.74 Å². The molecule has 0 aliphatic rings. The van der Waals surface area contributed by atoms with Crippen molar-refractivity contribution in [3.63, 3.8) is 0 Å². The highest BCUT2D eigenvalue weighted by Gasteiger charge is 2.04. The number of hydrogen-bond acceptors (Lipinski definition) is 2. The van der Waals surface area contributed by atoms with Gasteiger partial charge in [0.2, 0.25) is 0 Å². The van der Waals surface area contributed by atoms with E-state index in [0.717, 1.165) is 25.2 Å². The molecule has 1 aromatic rings. The minimum atomic E-state index is 0.255. The van der Waals surface area contributed by atoms with Crippen LogP contribution in [0.1, 0.15) is 39.2 Å². The maximum absolute atomic E-state index is 10.9. The minimum absolute atomic E-state index is 0.255. The largest absolute Gasteiger partial charge is 0.493 e. The lowest BCUT2D eigenvalue weighted by molar-refractivity contribution is -0.117. The van der Waals surface area contributed by atoms with Gasteiger partial charge in [0.15, 0.2) is 0 Å². The van der Waals surface area contributed by atoms with E-state index in [1.54, 1.807) is 6.92 Å². The van der Waals surface area contributed by atoms with Gasteiger partial charge in [-0.05, 0) is 37.3 Å². The molecule has 0 radical (unpaired) electrons. The lowest BCUT2D eigenvalue weighted by Crippen LogP contribution is -2.06. The quantitative estimate of drug-likeness (QED) is 0.720. The molecular weight excluding hydrogens is 212 g/mol. The molecule has 0 heterocycles. The highest BCUT2D eigenvalue weighted by Crippen LogP contribution is 2.20. The van der Waals surface area contributed by atoms with E-state index in [0.29, 0.717) is 12.3 Å². The van der Waals surface area contributed by atoms with Crippen molar-refractivity contribution in [2.75, 3.05) is 6.61 Å². The predicted octanol–water partition coefficient (Wildman–Crippen LogP) is 3.63. The third kappa shape index (κ3) is 5.53. The molecule has 1 aromatic carbocycles. The van der Waals surface area contributed by atoms with Gasteiger partial charge >= 0.3 is 0 Å². The zero-order valence-electron chi connectivity index (χ0n) is 11.0. The molecule has 0 atom stereocenters. The molecule has 1 rings (SSSR count). The smallest absolute Gasteiger partial charge is 0.129 e. The van der Waals surface area contributed by atoms with Gasteiger partial charge in [-0.1, -0.05) is 32.0 Å². The lowest BCUT2D eigenvalue weighted by atomic mass is 10.1. The van der Waals surface area contributed by atoms with E-state index in [1.165, 1.54) is 5.56 Å². The first-order valence-corrected chi connectivity index (χ1v) is 6.29. The monoisotopic (exact) mass is 234 g/mol. The van der Waals surface area contributed by atoms with E-state index in [4.69, 9.17) is 4.74 Å². The molecule has 2 nitrogen and oxygen atoms in total. The van der Waals surface area contributed by atoms with E-state index in [-0.39, 0.29) is 5.78 Å². The summed E-state index contributed by atoms with van der Waals surface area (Å²) < 4.78 is 5.77. The predicted molar refractivity (Wildman–Crippen MR) is 70.4 cm³/mol. The molecule has 0 spiro atoms. The van der Waals surface area contributed by atoms with Gasteiger partial charge in [-0.15, -0.1) is 0 Å². The Hall–Kier alpha value is -1.31. The number of rotatable bonds is 7. The second kappa shape index (κ2) is 7.10. The molecule has 0 saturated heterocycles. The van der Waals surface area contributed by atoms with Gasteiger partial charge in [0.1, 0.15) is 11.5 Å². The molecule has 0 saturated carbocycles. The number of Topliss-reactive ketones (excluding diaryl/α,β-unsaturated/α-hetero) is 1. The van der Waals surface area contributed by atoms with E-state index in [9.17, 15) is 4.79 Å². The standard InChI is InChI=1S/C15H22O2/c1-12(2)11-17-15-10-5-4-8-14(15)9-6-7-13(3)16/h4-5,8,10,12H,6-7,9,11H2,1-3H3. The molecule has 0 fully saturated rings.